The van der Waals surface area contributed by atoms with Gasteiger partial charge in [0.15, 0.2) is 0 Å². The number of nitrogens with one attached hydrogen (secondary N) is 2. The average Bonchev–Trinajstić information content (AvgIpc) is 2.68. The fourth-order valence-corrected chi connectivity index (χ4v) is 1.50. The molecule has 90 valence electrons. The smallest absolute Gasteiger partial charge is 0.341 e. The van der Waals surface area contributed by atoms with Crippen molar-refractivity contribution in [3.05, 3.63) is 41.6 Å². The molecule has 0 saturated heterocycles. The van der Waals surface area contributed by atoms with Crippen molar-refractivity contribution in [2.24, 2.45) is 0 Å². The van der Waals surface area contributed by atoms with Crippen molar-refractivity contribution in [1.82, 2.24) is 10.2 Å². The summed E-state index contributed by atoms with van der Waals surface area (Å²) in [7, 11) is 0. The lowest BCUT2D eigenvalue weighted by molar-refractivity contribution is -0.137. The third-order valence-corrected chi connectivity index (χ3v) is 2.18. The summed E-state index contributed by atoms with van der Waals surface area (Å²) < 4.78 is 37.7. The van der Waals surface area contributed by atoms with Crippen molar-refractivity contribution in [3.63, 3.8) is 0 Å². The van der Waals surface area contributed by atoms with Crippen LogP contribution in [0.15, 0.2) is 30.5 Å². The van der Waals surface area contributed by atoms with E-state index < -0.39 is 11.7 Å². The van der Waals surface area contributed by atoms with Crippen LogP contribution in [0.25, 0.3) is 0 Å². The number of aromatic amines is 1. The molecule has 6 heteroatoms. The molecule has 17 heavy (non-hydrogen) atoms. The number of benzene rings is 1. The third-order valence-electron chi connectivity index (χ3n) is 2.18. The summed E-state index contributed by atoms with van der Waals surface area (Å²) in [5.74, 6) is 0.545. The normalized spacial score (nSPS) is 11.5. The van der Waals surface area contributed by atoms with Gasteiger partial charge in [0.05, 0.1) is 11.8 Å². The number of anilines is 2. The van der Waals surface area contributed by atoms with Gasteiger partial charge in [0.1, 0.15) is 5.82 Å². The van der Waals surface area contributed by atoms with E-state index in [4.69, 9.17) is 0 Å². The number of halogens is 3. The Kier molecular flexibility index (Phi) is 2.79. The Bertz CT molecular complexity index is 503. The lowest BCUT2D eigenvalue weighted by Crippen LogP contribution is -2.06. The largest absolute Gasteiger partial charge is 0.416 e. The van der Waals surface area contributed by atoms with E-state index in [-0.39, 0.29) is 0 Å². The Morgan fingerprint density at radius 3 is 2.59 bits per heavy atom. The highest BCUT2D eigenvalue weighted by Gasteiger charge is 2.30. The third kappa shape index (κ3) is 2.77. The summed E-state index contributed by atoms with van der Waals surface area (Å²) in [6.07, 6.45) is -2.82. The van der Waals surface area contributed by atoms with Crippen LogP contribution in [0.1, 0.15) is 11.1 Å². The lowest BCUT2D eigenvalue weighted by atomic mass is 10.1. The molecule has 1 aromatic carbocycles. The minimum Gasteiger partial charge on any atom is -0.341 e. The Morgan fingerprint density at radius 2 is 2.00 bits per heavy atom. The second-order valence-electron chi connectivity index (χ2n) is 3.68. The van der Waals surface area contributed by atoms with E-state index in [0.29, 0.717) is 17.1 Å². The molecule has 0 aliphatic rings. The molecule has 0 aliphatic heterocycles. The second kappa shape index (κ2) is 4.12. The Morgan fingerprint density at radius 1 is 1.24 bits per heavy atom. The molecule has 0 fully saturated rings. The highest BCUT2D eigenvalue weighted by Crippen LogP contribution is 2.32. The van der Waals surface area contributed by atoms with Crippen molar-refractivity contribution in [2.45, 2.75) is 13.1 Å². The minimum atomic E-state index is -4.34. The summed E-state index contributed by atoms with van der Waals surface area (Å²) in [5, 5.41) is 9.14. The maximum atomic E-state index is 12.6. The van der Waals surface area contributed by atoms with Crippen LogP contribution in [0, 0.1) is 6.92 Å². The van der Waals surface area contributed by atoms with E-state index in [2.05, 4.69) is 15.5 Å². The van der Waals surface area contributed by atoms with Gasteiger partial charge >= 0.3 is 6.18 Å². The van der Waals surface area contributed by atoms with Gasteiger partial charge in [-0.2, -0.15) is 18.3 Å². The van der Waals surface area contributed by atoms with E-state index >= 15 is 0 Å². The second-order valence-corrected chi connectivity index (χ2v) is 3.68. The maximum absolute atomic E-state index is 12.6. The van der Waals surface area contributed by atoms with Crippen LogP contribution in [0.5, 0.6) is 0 Å². The molecule has 0 unspecified atom stereocenters. The summed E-state index contributed by atoms with van der Waals surface area (Å²) >= 11 is 0. The van der Waals surface area contributed by atoms with Gasteiger partial charge in [-0.15, -0.1) is 0 Å². The van der Waals surface area contributed by atoms with Gasteiger partial charge in [-0.1, -0.05) is 0 Å². The first-order valence-corrected chi connectivity index (χ1v) is 4.90. The standard InChI is InChI=1S/C11H10F3N3/c1-7-4-8(11(12,13)14)6-9(5-7)16-10-2-3-15-17-10/h2-6H,1H3,(H2,15,16,17). The van der Waals surface area contributed by atoms with Crippen molar-refractivity contribution < 1.29 is 13.2 Å². The summed E-state index contributed by atoms with van der Waals surface area (Å²) in [5.41, 5.74) is 0.253. The molecule has 0 aliphatic carbocycles. The Balaban J connectivity index is 2.32. The van der Waals surface area contributed by atoms with Crippen molar-refractivity contribution in [3.8, 4) is 0 Å². The molecule has 0 saturated carbocycles. The zero-order valence-corrected chi connectivity index (χ0v) is 8.97. The first kappa shape index (κ1) is 11.5. The summed E-state index contributed by atoms with van der Waals surface area (Å²) in [6, 6.07) is 5.44. The fourth-order valence-electron chi connectivity index (χ4n) is 1.50. The number of aromatic nitrogens is 2. The number of hydrogen-bond acceptors (Lipinski definition) is 2. The lowest BCUT2D eigenvalue weighted by Gasteiger charge is -2.11. The van der Waals surface area contributed by atoms with Crippen LogP contribution in [0.4, 0.5) is 24.7 Å². The van der Waals surface area contributed by atoms with E-state index in [0.717, 1.165) is 12.1 Å². The molecule has 0 radical (unpaired) electrons. The van der Waals surface area contributed by atoms with Crippen LogP contribution in [-0.2, 0) is 6.18 Å². The molecular formula is C11H10F3N3. The summed E-state index contributed by atoms with van der Waals surface area (Å²) in [6.45, 7) is 1.62. The number of H-pyrrole nitrogens is 1. The molecule has 0 amide bonds. The highest BCUT2D eigenvalue weighted by molar-refractivity contribution is 5.58. The number of nitrogens with zero attached hydrogens (tertiary/aromatic N) is 1. The van der Waals surface area contributed by atoms with Gasteiger partial charge in [-0.3, -0.25) is 5.10 Å². The molecule has 1 aromatic heterocycles. The average molecular weight is 241 g/mol. The number of aryl methyl sites for hydroxylation is 1. The van der Waals surface area contributed by atoms with Crippen molar-refractivity contribution in [1.29, 1.82) is 0 Å². The van der Waals surface area contributed by atoms with E-state index in [9.17, 15) is 13.2 Å². The SMILES string of the molecule is Cc1cc(Nc2ccn[nH]2)cc(C(F)(F)F)c1. The quantitative estimate of drug-likeness (QED) is 0.845. The van der Waals surface area contributed by atoms with Gasteiger partial charge in [0.2, 0.25) is 0 Å². The molecule has 0 atom stereocenters. The Labute approximate surface area is 95.7 Å². The zero-order chi connectivity index (χ0) is 12.5. The molecule has 2 rings (SSSR count). The molecule has 2 N–H and O–H groups in total. The van der Waals surface area contributed by atoms with Gasteiger partial charge < -0.3 is 5.32 Å². The van der Waals surface area contributed by atoms with E-state index in [1.807, 2.05) is 0 Å². The first-order valence-electron chi connectivity index (χ1n) is 4.90. The molecule has 2 aromatic rings. The van der Waals surface area contributed by atoms with Crippen LogP contribution >= 0.6 is 0 Å². The van der Waals surface area contributed by atoms with Crippen LogP contribution in [-0.4, -0.2) is 10.2 Å². The number of hydrogen-bond donors (Lipinski definition) is 2. The highest BCUT2D eigenvalue weighted by atomic mass is 19.4. The first-order chi connectivity index (χ1) is 7.95. The topological polar surface area (TPSA) is 40.7 Å². The summed E-state index contributed by atoms with van der Waals surface area (Å²) in [4.78, 5) is 0. The molecule has 3 nitrogen and oxygen atoms in total. The predicted molar refractivity (Wildman–Crippen MR) is 58.1 cm³/mol. The van der Waals surface area contributed by atoms with E-state index in [1.54, 1.807) is 19.1 Å². The van der Waals surface area contributed by atoms with Gasteiger partial charge in [-0.05, 0) is 30.7 Å². The maximum Gasteiger partial charge on any atom is 0.416 e. The van der Waals surface area contributed by atoms with Gasteiger partial charge in [-0.25, -0.2) is 0 Å². The molecule has 0 spiro atoms. The Hall–Kier alpha value is -1.98. The monoisotopic (exact) mass is 241 g/mol. The van der Waals surface area contributed by atoms with Crippen molar-refractivity contribution in [2.75, 3.05) is 5.32 Å². The molecule has 1 heterocycles. The van der Waals surface area contributed by atoms with Crippen LogP contribution in [0.2, 0.25) is 0 Å². The molecular weight excluding hydrogens is 231 g/mol. The van der Waals surface area contributed by atoms with Gasteiger partial charge in [0, 0.05) is 11.8 Å². The van der Waals surface area contributed by atoms with Gasteiger partial charge in [0.25, 0.3) is 0 Å². The van der Waals surface area contributed by atoms with Crippen molar-refractivity contribution >= 4 is 11.5 Å². The fraction of sp³-hybridized carbons (Fsp3) is 0.182. The molecule has 0 bridgehead atoms. The van der Waals surface area contributed by atoms with E-state index in [1.165, 1.54) is 6.20 Å². The zero-order valence-electron chi connectivity index (χ0n) is 8.97. The van der Waals surface area contributed by atoms with Crippen LogP contribution < -0.4 is 5.32 Å². The minimum absolute atomic E-state index is 0.376. The van der Waals surface area contributed by atoms with Crippen LogP contribution in [0.3, 0.4) is 0 Å². The number of rotatable bonds is 2. The number of alkyl halides is 3. The predicted octanol–water partition coefficient (Wildman–Crippen LogP) is 3.48.